The van der Waals surface area contributed by atoms with Crippen LogP contribution in [0.5, 0.6) is 0 Å². The van der Waals surface area contributed by atoms with Gasteiger partial charge < -0.3 is 9.13 Å². The number of hydrogen-bond acceptors (Lipinski definition) is 2. The van der Waals surface area contributed by atoms with Gasteiger partial charge in [-0.15, -0.1) is 11.3 Å². The molecule has 0 radical (unpaired) electrons. The lowest BCUT2D eigenvalue weighted by Gasteiger charge is -2.13. The van der Waals surface area contributed by atoms with E-state index in [2.05, 4.69) is 149 Å². The molecule has 0 spiro atoms. The van der Waals surface area contributed by atoms with Crippen molar-refractivity contribution in [2.75, 3.05) is 0 Å². The fourth-order valence-corrected chi connectivity index (χ4v) is 8.45. The maximum Gasteiger partial charge on any atom is 0.0963 e. The van der Waals surface area contributed by atoms with E-state index in [1.54, 1.807) is 0 Å². The van der Waals surface area contributed by atoms with E-state index in [1.165, 1.54) is 64.0 Å². The Labute approximate surface area is 262 Å². The first-order valence-electron chi connectivity index (χ1n) is 15.2. The maximum atomic E-state index is 4.87. The highest BCUT2D eigenvalue weighted by Gasteiger charge is 2.19. The molecule has 0 saturated heterocycles. The van der Waals surface area contributed by atoms with Crippen LogP contribution in [0.4, 0.5) is 0 Å². The fraction of sp³-hybridized carbons (Fsp3) is 0. The van der Waals surface area contributed by atoms with Crippen molar-refractivity contribution in [1.29, 1.82) is 0 Å². The zero-order valence-electron chi connectivity index (χ0n) is 24.2. The van der Waals surface area contributed by atoms with Crippen LogP contribution >= 0.6 is 11.3 Å². The van der Waals surface area contributed by atoms with Crippen LogP contribution in [0.15, 0.2) is 152 Å². The number of pyridine rings is 1. The highest BCUT2D eigenvalue weighted by atomic mass is 32.1. The fourth-order valence-electron chi connectivity index (χ4n) is 7.21. The normalized spacial score (nSPS) is 12.0. The molecule has 0 N–H and O–H groups in total. The molecule has 6 aromatic carbocycles. The second-order valence-electron chi connectivity index (χ2n) is 11.6. The van der Waals surface area contributed by atoms with Crippen molar-refractivity contribution in [1.82, 2.24) is 14.1 Å². The molecule has 4 heteroatoms. The molecule has 4 aromatic heterocycles. The van der Waals surface area contributed by atoms with E-state index in [0.717, 1.165) is 22.4 Å². The summed E-state index contributed by atoms with van der Waals surface area (Å²) in [4.78, 5) is 4.87. The van der Waals surface area contributed by atoms with Gasteiger partial charge in [-0.3, -0.25) is 4.98 Å². The molecule has 4 heterocycles. The van der Waals surface area contributed by atoms with Crippen LogP contribution in [0, 0.1) is 0 Å². The Hall–Kier alpha value is -5.71. The molecule has 210 valence electrons. The average molecular weight is 592 g/mol. The summed E-state index contributed by atoms with van der Waals surface area (Å²) < 4.78 is 7.40. The van der Waals surface area contributed by atoms with Crippen LogP contribution in [-0.2, 0) is 0 Å². The largest absolute Gasteiger partial charge is 0.309 e. The highest BCUT2D eigenvalue weighted by molar-refractivity contribution is 7.26. The van der Waals surface area contributed by atoms with Gasteiger partial charge in [0.15, 0.2) is 0 Å². The third-order valence-corrected chi connectivity index (χ3v) is 10.3. The second kappa shape index (κ2) is 9.39. The van der Waals surface area contributed by atoms with Gasteiger partial charge in [-0.1, -0.05) is 84.9 Å². The predicted octanol–water partition coefficient (Wildman–Crippen LogP) is 11.3. The molecule has 0 bridgehead atoms. The SMILES string of the molecule is c1cc(-c2cccc(-n3c4cccnc4c4ccc5c6ccccc6sc5c43)c2)cc(-n2c3ccccc3c3ccccc32)c1. The molecule has 0 saturated carbocycles. The minimum absolute atomic E-state index is 1.03. The summed E-state index contributed by atoms with van der Waals surface area (Å²) in [6.07, 6.45) is 1.90. The van der Waals surface area contributed by atoms with Crippen LogP contribution in [0.1, 0.15) is 0 Å². The number of aromatic nitrogens is 3. The summed E-state index contributed by atoms with van der Waals surface area (Å²) in [6, 6.07) is 52.7. The average Bonchev–Trinajstić information content (AvgIpc) is 3.76. The quantitative estimate of drug-likeness (QED) is 0.200. The van der Waals surface area contributed by atoms with E-state index >= 15 is 0 Å². The van der Waals surface area contributed by atoms with Gasteiger partial charge in [-0.2, -0.15) is 0 Å². The van der Waals surface area contributed by atoms with Gasteiger partial charge in [0.1, 0.15) is 0 Å². The van der Waals surface area contributed by atoms with E-state index in [-0.39, 0.29) is 0 Å². The first kappa shape index (κ1) is 24.7. The van der Waals surface area contributed by atoms with Crippen molar-refractivity contribution in [3.63, 3.8) is 0 Å². The summed E-state index contributed by atoms with van der Waals surface area (Å²) in [5.41, 5.74) is 10.5. The van der Waals surface area contributed by atoms with Crippen molar-refractivity contribution in [2.24, 2.45) is 0 Å². The smallest absolute Gasteiger partial charge is 0.0963 e. The predicted molar refractivity (Wildman–Crippen MR) is 191 cm³/mol. The molecule has 3 nitrogen and oxygen atoms in total. The van der Waals surface area contributed by atoms with Crippen molar-refractivity contribution in [3.8, 4) is 22.5 Å². The van der Waals surface area contributed by atoms with E-state index in [0.29, 0.717) is 0 Å². The van der Waals surface area contributed by atoms with E-state index in [9.17, 15) is 0 Å². The Kier molecular flexibility index (Phi) is 5.16. The van der Waals surface area contributed by atoms with Crippen LogP contribution in [-0.4, -0.2) is 14.1 Å². The molecular weight excluding hydrogens is 567 g/mol. The van der Waals surface area contributed by atoms with Crippen molar-refractivity contribution >= 4 is 75.3 Å². The third-order valence-electron chi connectivity index (χ3n) is 9.15. The number of fused-ring (bicyclic) bond motifs is 10. The van der Waals surface area contributed by atoms with Crippen LogP contribution in [0.2, 0.25) is 0 Å². The number of thiophene rings is 1. The second-order valence-corrected chi connectivity index (χ2v) is 12.7. The number of rotatable bonds is 3. The molecule has 0 aliphatic heterocycles. The molecule has 10 aromatic rings. The Bertz CT molecular complexity index is 2720. The summed E-state index contributed by atoms with van der Waals surface area (Å²) in [7, 11) is 0. The highest BCUT2D eigenvalue weighted by Crippen LogP contribution is 2.43. The van der Waals surface area contributed by atoms with Gasteiger partial charge in [0.25, 0.3) is 0 Å². The Morgan fingerprint density at radius 3 is 1.78 bits per heavy atom. The Balaban J connectivity index is 1.20. The topological polar surface area (TPSA) is 22.8 Å². The number of nitrogens with zero attached hydrogens (tertiary/aromatic N) is 3. The molecular formula is C41H25N3S. The monoisotopic (exact) mass is 591 g/mol. The zero-order chi connectivity index (χ0) is 29.5. The number of benzene rings is 6. The lowest BCUT2D eigenvalue weighted by atomic mass is 10.0. The van der Waals surface area contributed by atoms with Gasteiger partial charge in [-0.25, -0.2) is 0 Å². The summed E-state index contributed by atoms with van der Waals surface area (Å²) in [5.74, 6) is 0. The van der Waals surface area contributed by atoms with Crippen LogP contribution in [0.3, 0.4) is 0 Å². The zero-order valence-corrected chi connectivity index (χ0v) is 25.0. The molecule has 0 unspecified atom stereocenters. The molecule has 45 heavy (non-hydrogen) atoms. The Morgan fingerprint density at radius 2 is 1.04 bits per heavy atom. The lowest BCUT2D eigenvalue weighted by molar-refractivity contribution is 1.18. The summed E-state index contributed by atoms with van der Waals surface area (Å²) >= 11 is 1.87. The van der Waals surface area contributed by atoms with Gasteiger partial charge in [0.2, 0.25) is 0 Å². The molecule has 10 rings (SSSR count). The minimum Gasteiger partial charge on any atom is -0.309 e. The van der Waals surface area contributed by atoms with E-state index in [1.807, 2.05) is 23.6 Å². The lowest BCUT2D eigenvalue weighted by Crippen LogP contribution is -1.96. The number of hydrogen-bond donors (Lipinski definition) is 0. The van der Waals surface area contributed by atoms with Crippen LogP contribution < -0.4 is 0 Å². The van der Waals surface area contributed by atoms with Gasteiger partial charge in [-0.05, 0) is 71.8 Å². The van der Waals surface area contributed by atoms with Crippen LogP contribution in [0.25, 0.3) is 86.4 Å². The molecule has 0 fully saturated rings. The molecule has 0 aliphatic rings. The standard InChI is InChI=1S/C41H25N3S/c1-4-17-35-30(14-1)31-15-2-5-18-36(31)43(35)28-12-7-10-26(24-28)27-11-8-13-29(25-27)44-37-19-9-23-42-39(37)34-22-21-33-32-16-3-6-20-38(32)45-41(33)40(34)44/h1-25H. The first-order chi connectivity index (χ1) is 22.3. The van der Waals surface area contributed by atoms with Crippen molar-refractivity contribution < 1.29 is 0 Å². The summed E-state index contributed by atoms with van der Waals surface area (Å²) in [6.45, 7) is 0. The molecule has 0 aliphatic carbocycles. The van der Waals surface area contributed by atoms with E-state index < -0.39 is 0 Å². The number of para-hydroxylation sites is 2. The van der Waals surface area contributed by atoms with Crippen molar-refractivity contribution in [2.45, 2.75) is 0 Å². The minimum atomic E-state index is 1.03. The summed E-state index contributed by atoms with van der Waals surface area (Å²) in [5, 5.41) is 6.33. The van der Waals surface area contributed by atoms with Gasteiger partial charge in [0, 0.05) is 49.2 Å². The van der Waals surface area contributed by atoms with Crippen molar-refractivity contribution in [3.05, 3.63) is 152 Å². The molecule has 0 atom stereocenters. The van der Waals surface area contributed by atoms with E-state index in [4.69, 9.17) is 4.98 Å². The third kappa shape index (κ3) is 3.54. The maximum absolute atomic E-state index is 4.87. The first-order valence-corrected chi connectivity index (χ1v) is 16.0. The molecule has 0 amide bonds. The van der Waals surface area contributed by atoms with Gasteiger partial charge in [0.05, 0.1) is 32.3 Å². The Morgan fingerprint density at radius 1 is 0.444 bits per heavy atom. The van der Waals surface area contributed by atoms with Gasteiger partial charge >= 0.3 is 0 Å².